The molecule has 0 saturated heterocycles. The van der Waals surface area contributed by atoms with Crippen LogP contribution < -0.4 is 0 Å². The number of rotatable bonds is 9. The van der Waals surface area contributed by atoms with Crippen LogP contribution in [-0.4, -0.2) is 22.4 Å². The van der Waals surface area contributed by atoms with Crippen molar-refractivity contribution in [3.05, 3.63) is 0 Å². The molecule has 14 heavy (non-hydrogen) atoms. The van der Waals surface area contributed by atoms with E-state index in [4.69, 9.17) is 0 Å². The Hall–Kier alpha value is -0.0800. The van der Waals surface area contributed by atoms with E-state index >= 15 is 0 Å². The molecule has 0 rings (SSSR count). The van der Waals surface area contributed by atoms with Gasteiger partial charge in [-0.3, -0.25) is 0 Å². The fraction of sp³-hybridized carbons (Fsp3) is 1.00. The SMILES string of the molecule is CCCCCCCC[C@H](O)[C@H](O)CC. The lowest BCUT2D eigenvalue weighted by atomic mass is 10.0. The Bertz CT molecular complexity index is 115. The van der Waals surface area contributed by atoms with Crippen molar-refractivity contribution in [1.29, 1.82) is 0 Å². The van der Waals surface area contributed by atoms with Crippen molar-refractivity contribution in [2.75, 3.05) is 0 Å². The summed E-state index contributed by atoms with van der Waals surface area (Å²) in [5.74, 6) is 0. The number of hydrogen-bond donors (Lipinski definition) is 2. The van der Waals surface area contributed by atoms with Crippen LogP contribution in [0.15, 0.2) is 0 Å². The van der Waals surface area contributed by atoms with Crippen molar-refractivity contribution in [3.63, 3.8) is 0 Å². The van der Waals surface area contributed by atoms with E-state index in [9.17, 15) is 10.2 Å². The smallest absolute Gasteiger partial charge is 0.0799 e. The lowest BCUT2D eigenvalue weighted by molar-refractivity contribution is 0.0114. The third kappa shape index (κ3) is 7.34. The second-order valence-electron chi connectivity index (χ2n) is 4.10. The summed E-state index contributed by atoms with van der Waals surface area (Å²) in [6.07, 6.45) is 7.77. The standard InChI is InChI=1S/C12H26O2/c1-3-5-6-7-8-9-10-12(14)11(13)4-2/h11-14H,3-10H2,1-2H3/t11-,12+/m1/s1. The lowest BCUT2D eigenvalue weighted by Gasteiger charge is -2.15. The summed E-state index contributed by atoms with van der Waals surface area (Å²) < 4.78 is 0. The summed E-state index contributed by atoms with van der Waals surface area (Å²) in [6.45, 7) is 4.11. The first-order chi connectivity index (χ1) is 6.72. The van der Waals surface area contributed by atoms with E-state index in [0.717, 1.165) is 12.8 Å². The molecular weight excluding hydrogens is 176 g/mol. The number of aliphatic hydroxyl groups excluding tert-OH is 2. The molecule has 0 aromatic heterocycles. The van der Waals surface area contributed by atoms with Crippen LogP contribution in [0.2, 0.25) is 0 Å². The van der Waals surface area contributed by atoms with Crippen LogP contribution in [0, 0.1) is 0 Å². The van der Waals surface area contributed by atoms with Crippen molar-refractivity contribution >= 4 is 0 Å². The molecular formula is C12H26O2. The Morgan fingerprint density at radius 1 is 0.786 bits per heavy atom. The molecule has 0 spiro atoms. The van der Waals surface area contributed by atoms with Gasteiger partial charge in [0.1, 0.15) is 0 Å². The first kappa shape index (κ1) is 13.9. The lowest BCUT2D eigenvalue weighted by Crippen LogP contribution is -2.24. The molecule has 0 unspecified atom stereocenters. The average Bonchev–Trinajstić information content (AvgIpc) is 2.21. The second-order valence-corrected chi connectivity index (χ2v) is 4.10. The van der Waals surface area contributed by atoms with Crippen LogP contribution >= 0.6 is 0 Å². The third-order valence-corrected chi connectivity index (χ3v) is 2.72. The number of unbranched alkanes of at least 4 members (excludes halogenated alkanes) is 5. The summed E-state index contributed by atoms with van der Waals surface area (Å²) in [7, 11) is 0. The highest BCUT2D eigenvalue weighted by Gasteiger charge is 2.12. The summed E-state index contributed by atoms with van der Waals surface area (Å²) >= 11 is 0. The summed E-state index contributed by atoms with van der Waals surface area (Å²) in [5.41, 5.74) is 0. The van der Waals surface area contributed by atoms with Crippen LogP contribution in [0.4, 0.5) is 0 Å². The highest BCUT2D eigenvalue weighted by molar-refractivity contribution is 4.65. The zero-order valence-electron chi connectivity index (χ0n) is 9.71. The molecule has 0 aliphatic rings. The van der Waals surface area contributed by atoms with Gasteiger partial charge in [0.25, 0.3) is 0 Å². The predicted molar refractivity (Wildman–Crippen MR) is 60.3 cm³/mol. The summed E-state index contributed by atoms with van der Waals surface area (Å²) in [6, 6.07) is 0. The molecule has 0 aliphatic heterocycles. The van der Waals surface area contributed by atoms with Gasteiger partial charge in [0, 0.05) is 0 Å². The molecule has 0 amide bonds. The van der Waals surface area contributed by atoms with Gasteiger partial charge >= 0.3 is 0 Å². The fourth-order valence-electron chi connectivity index (χ4n) is 1.60. The van der Waals surface area contributed by atoms with Gasteiger partial charge in [-0.2, -0.15) is 0 Å². The van der Waals surface area contributed by atoms with Crippen LogP contribution in [0.25, 0.3) is 0 Å². The van der Waals surface area contributed by atoms with Gasteiger partial charge in [-0.15, -0.1) is 0 Å². The van der Waals surface area contributed by atoms with E-state index < -0.39 is 12.2 Å². The van der Waals surface area contributed by atoms with Crippen molar-refractivity contribution < 1.29 is 10.2 Å². The van der Waals surface area contributed by atoms with E-state index in [0.29, 0.717) is 6.42 Å². The molecule has 2 heteroatoms. The van der Waals surface area contributed by atoms with Crippen molar-refractivity contribution in [1.82, 2.24) is 0 Å². The molecule has 2 N–H and O–H groups in total. The molecule has 0 aliphatic carbocycles. The van der Waals surface area contributed by atoms with Gasteiger partial charge < -0.3 is 10.2 Å². The normalized spacial score (nSPS) is 15.4. The van der Waals surface area contributed by atoms with Crippen molar-refractivity contribution in [2.24, 2.45) is 0 Å². The molecule has 2 nitrogen and oxygen atoms in total. The minimum atomic E-state index is -0.523. The fourth-order valence-corrected chi connectivity index (χ4v) is 1.60. The highest BCUT2D eigenvalue weighted by Crippen LogP contribution is 2.11. The third-order valence-electron chi connectivity index (χ3n) is 2.72. The Morgan fingerprint density at radius 3 is 1.93 bits per heavy atom. The quantitative estimate of drug-likeness (QED) is 0.564. The Labute approximate surface area is 88.3 Å². The van der Waals surface area contributed by atoms with E-state index in [-0.39, 0.29) is 0 Å². The molecule has 0 aromatic rings. The zero-order valence-corrected chi connectivity index (χ0v) is 9.71. The molecule has 0 saturated carbocycles. The van der Waals surface area contributed by atoms with Gasteiger partial charge in [-0.25, -0.2) is 0 Å². The van der Waals surface area contributed by atoms with Gasteiger partial charge in [0.2, 0.25) is 0 Å². The van der Waals surface area contributed by atoms with Crippen LogP contribution in [0.1, 0.15) is 65.2 Å². The van der Waals surface area contributed by atoms with Crippen LogP contribution in [0.5, 0.6) is 0 Å². The van der Waals surface area contributed by atoms with Crippen molar-refractivity contribution in [2.45, 2.75) is 77.4 Å². The van der Waals surface area contributed by atoms with Crippen molar-refractivity contribution in [3.8, 4) is 0 Å². The molecule has 0 aromatic carbocycles. The largest absolute Gasteiger partial charge is 0.390 e. The maximum atomic E-state index is 9.47. The summed E-state index contributed by atoms with van der Waals surface area (Å²) in [5, 5.41) is 18.8. The molecule has 2 atom stereocenters. The maximum absolute atomic E-state index is 9.47. The van der Waals surface area contributed by atoms with Gasteiger partial charge in [-0.05, 0) is 12.8 Å². The highest BCUT2D eigenvalue weighted by atomic mass is 16.3. The zero-order chi connectivity index (χ0) is 10.8. The molecule has 0 bridgehead atoms. The average molecular weight is 202 g/mol. The maximum Gasteiger partial charge on any atom is 0.0799 e. The van der Waals surface area contributed by atoms with Gasteiger partial charge in [0.05, 0.1) is 12.2 Å². The molecule has 86 valence electrons. The minimum absolute atomic E-state index is 0.508. The van der Waals surface area contributed by atoms with E-state index in [1.807, 2.05) is 6.92 Å². The first-order valence-electron chi connectivity index (χ1n) is 6.08. The molecule has 0 heterocycles. The van der Waals surface area contributed by atoms with Crippen LogP contribution in [-0.2, 0) is 0 Å². The number of hydrogen-bond acceptors (Lipinski definition) is 2. The van der Waals surface area contributed by atoms with E-state index in [1.165, 1.54) is 32.1 Å². The predicted octanol–water partition coefficient (Wildman–Crippen LogP) is 2.87. The van der Waals surface area contributed by atoms with Crippen LogP contribution in [0.3, 0.4) is 0 Å². The first-order valence-corrected chi connectivity index (χ1v) is 6.08. The number of aliphatic hydroxyl groups is 2. The Morgan fingerprint density at radius 2 is 1.36 bits per heavy atom. The van der Waals surface area contributed by atoms with Gasteiger partial charge in [-0.1, -0.05) is 52.4 Å². The van der Waals surface area contributed by atoms with E-state index in [2.05, 4.69) is 6.92 Å². The topological polar surface area (TPSA) is 40.5 Å². The molecule has 0 radical (unpaired) electrons. The molecule has 0 fully saturated rings. The Balaban J connectivity index is 3.18. The summed E-state index contributed by atoms with van der Waals surface area (Å²) in [4.78, 5) is 0. The second kappa shape index (κ2) is 9.47. The Kier molecular flexibility index (Phi) is 9.42. The minimum Gasteiger partial charge on any atom is -0.390 e. The monoisotopic (exact) mass is 202 g/mol. The van der Waals surface area contributed by atoms with E-state index in [1.54, 1.807) is 0 Å². The van der Waals surface area contributed by atoms with Gasteiger partial charge in [0.15, 0.2) is 0 Å².